The van der Waals surface area contributed by atoms with Gasteiger partial charge in [-0.3, -0.25) is 4.79 Å². The molecule has 0 spiro atoms. The van der Waals surface area contributed by atoms with Crippen molar-refractivity contribution in [2.75, 3.05) is 5.32 Å². The van der Waals surface area contributed by atoms with Gasteiger partial charge >= 0.3 is 0 Å². The fourth-order valence-corrected chi connectivity index (χ4v) is 6.67. The molecule has 2 fully saturated rings. The number of anilines is 1. The molecular formula is C30H31NO3. The average Bonchev–Trinajstić information content (AvgIpc) is 3.61. The van der Waals surface area contributed by atoms with Crippen molar-refractivity contribution >= 4 is 11.6 Å². The fraction of sp³-hybridized carbons (Fsp3) is 0.367. The van der Waals surface area contributed by atoms with Crippen molar-refractivity contribution in [1.82, 2.24) is 0 Å². The molecule has 6 rings (SSSR count). The Kier molecular flexibility index (Phi) is 5.13. The van der Waals surface area contributed by atoms with Crippen molar-refractivity contribution in [1.29, 1.82) is 0 Å². The topological polar surface area (TPSA) is 69.6 Å². The summed E-state index contributed by atoms with van der Waals surface area (Å²) in [6.07, 6.45) is 9.34. The van der Waals surface area contributed by atoms with Crippen molar-refractivity contribution in [3.63, 3.8) is 0 Å². The van der Waals surface area contributed by atoms with E-state index < -0.39 is 5.41 Å². The first-order valence-electron chi connectivity index (χ1n) is 12.7. The van der Waals surface area contributed by atoms with E-state index in [1.54, 1.807) is 12.1 Å². The Balaban J connectivity index is 1.63. The molecule has 3 aromatic rings. The van der Waals surface area contributed by atoms with Crippen LogP contribution in [0.4, 0.5) is 5.69 Å². The van der Waals surface area contributed by atoms with E-state index in [4.69, 9.17) is 0 Å². The van der Waals surface area contributed by atoms with E-state index in [9.17, 15) is 15.0 Å². The summed E-state index contributed by atoms with van der Waals surface area (Å²) in [4.78, 5) is 14.0. The third-order valence-corrected chi connectivity index (χ3v) is 8.42. The summed E-state index contributed by atoms with van der Waals surface area (Å²) in [5.41, 5.74) is 3.62. The molecule has 0 radical (unpaired) electrons. The van der Waals surface area contributed by atoms with Gasteiger partial charge in [-0.2, -0.15) is 0 Å². The highest BCUT2D eigenvalue weighted by Gasteiger charge is 2.52. The molecule has 2 saturated carbocycles. The molecule has 1 amide bonds. The molecule has 3 N–H and O–H groups in total. The molecule has 0 bridgehead atoms. The zero-order chi connectivity index (χ0) is 23.3. The monoisotopic (exact) mass is 453 g/mol. The number of carbonyl (C=O) groups is 1. The largest absolute Gasteiger partial charge is 0.508 e. The Morgan fingerprint density at radius 1 is 0.676 bits per heavy atom. The number of para-hydroxylation sites is 1. The van der Waals surface area contributed by atoms with Crippen LogP contribution in [0.1, 0.15) is 91.0 Å². The Bertz CT molecular complexity index is 1190. The smallest absolute Gasteiger partial charge is 0.244 e. The Morgan fingerprint density at radius 2 is 1.18 bits per heavy atom. The molecule has 0 unspecified atom stereocenters. The van der Waals surface area contributed by atoms with Crippen LogP contribution in [-0.2, 0) is 10.2 Å². The number of hydrogen-bond donors (Lipinski definition) is 3. The molecule has 1 aliphatic heterocycles. The van der Waals surface area contributed by atoms with Crippen molar-refractivity contribution in [2.24, 2.45) is 0 Å². The van der Waals surface area contributed by atoms with Crippen molar-refractivity contribution < 1.29 is 15.0 Å². The summed E-state index contributed by atoms with van der Waals surface area (Å²) in [6, 6.07) is 19.2. The summed E-state index contributed by atoms with van der Waals surface area (Å²) in [7, 11) is 0. The Labute approximate surface area is 200 Å². The lowest BCUT2D eigenvalue weighted by molar-refractivity contribution is -0.118. The molecule has 34 heavy (non-hydrogen) atoms. The minimum Gasteiger partial charge on any atom is -0.508 e. The van der Waals surface area contributed by atoms with Gasteiger partial charge in [-0.05, 0) is 66.8 Å². The molecule has 1 heterocycles. The molecule has 3 aromatic carbocycles. The number of carbonyl (C=O) groups excluding carboxylic acids is 1. The SMILES string of the molecule is O=C1Nc2ccccc2C1(c1cc(C2CCCC2)ccc1O)c1cc(C2CCCC2)ccc1O. The number of phenolic OH excluding ortho intramolecular Hbond substituents is 2. The lowest BCUT2D eigenvalue weighted by atomic mass is 9.68. The second kappa shape index (κ2) is 8.19. The first-order valence-corrected chi connectivity index (χ1v) is 12.7. The maximum absolute atomic E-state index is 14.0. The minimum absolute atomic E-state index is 0.0827. The van der Waals surface area contributed by atoms with Crippen LogP contribution in [0.3, 0.4) is 0 Å². The highest BCUT2D eigenvalue weighted by molar-refractivity contribution is 6.12. The van der Waals surface area contributed by atoms with E-state index in [-0.39, 0.29) is 17.4 Å². The average molecular weight is 454 g/mol. The highest BCUT2D eigenvalue weighted by atomic mass is 16.3. The number of aromatic hydroxyl groups is 2. The molecule has 4 nitrogen and oxygen atoms in total. The van der Waals surface area contributed by atoms with Crippen LogP contribution in [0, 0.1) is 0 Å². The van der Waals surface area contributed by atoms with Gasteiger partial charge in [0.2, 0.25) is 5.91 Å². The Morgan fingerprint density at radius 3 is 1.71 bits per heavy atom. The number of benzene rings is 3. The third kappa shape index (κ3) is 3.15. The van der Waals surface area contributed by atoms with Gasteiger partial charge in [0.25, 0.3) is 0 Å². The second-order valence-electron chi connectivity index (χ2n) is 10.3. The molecule has 3 aliphatic rings. The van der Waals surface area contributed by atoms with E-state index in [1.165, 1.54) is 25.7 Å². The van der Waals surface area contributed by atoms with Gasteiger partial charge in [-0.15, -0.1) is 0 Å². The zero-order valence-electron chi connectivity index (χ0n) is 19.4. The van der Waals surface area contributed by atoms with Crippen LogP contribution in [0.5, 0.6) is 11.5 Å². The summed E-state index contributed by atoms with van der Waals surface area (Å²) in [6.45, 7) is 0. The van der Waals surface area contributed by atoms with Crippen molar-refractivity contribution in [3.05, 3.63) is 88.5 Å². The van der Waals surface area contributed by atoms with E-state index >= 15 is 0 Å². The van der Waals surface area contributed by atoms with E-state index in [1.807, 2.05) is 48.5 Å². The number of amides is 1. The van der Waals surface area contributed by atoms with Gasteiger partial charge in [0.15, 0.2) is 0 Å². The van der Waals surface area contributed by atoms with Gasteiger partial charge in [0, 0.05) is 22.4 Å². The van der Waals surface area contributed by atoms with Crippen LogP contribution in [-0.4, -0.2) is 16.1 Å². The first kappa shape index (κ1) is 21.3. The minimum atomic E-state index is -1.31. The van der Waals surface area contributed by atoms with Crippen molar-refractivity contribution in [2.45, 2.75) is 68.6 Å². The van der Waals surface area contributed by atoms with Crippen LogP contribution < -0.4 is 5.32 Å². The van der Waals surface area contributed by atoms with E-state index in [0.717, 1.165) is 48.1 Å². The molecule has 174 valence electrons. The normalized spacial score (nSPS) is 19.9. The van der Waals surface area contributed by atoms with E-state index in [0.29, 0.717) is 23.0 Å². The maximum atomic E-state index is 14.0. The van der Waals surface area contributed by atoms with Crippen LogP contribution in [0.15, 0.2) is 60.7 Å². The molecule has 0 saturated heterocycles. The summed E-state index contributed by atoms with van der Waals surface area (Å²) in [5, 5.41) is 25.5. The molecular weight excluding hydrogens is 422 g/mol. The standard InChI is InChI=1S/C30H31NO3/c32-27-15-13-21(19-7-1-2-8-19)17-24(27)30(23-11-5-6-12-26(23)31-29(30)34)25-18-22(14-16-28(25)33)20-9-3-4-10-20/h5-6,11-20,32-33H,1-4,7-10H2,(H,31,34). The summed E-state index contributed by atoms with van der Waals surface area (Å²) < 4.78 is 0. The van der Waals surface area contributed by atoms with Crippen LogP contribution in [0.2, 0.25) is 0 Å². The summed E-state index contributed by atoms with van der Waals surface area (Å²) in [5.74, 6) is 0.814. The lowest BCUT2D eigenvalue weighted by Gasteiger charge is -2.32. The highest BCUT2D eigenvalue weighted by Crippen LogP contribution is 2.53. The predicted molar refractivity (Wildman–Crippen MR) is 134 cm³/mol. The molecule has 0 aromatic heterocycles. The molecule has 2 aliphatic carbocycles. The number of rotatable bonds is 4. The Hall–Kier alpha value is -3.27. The number of hydrogen-bond acceptors (Lipinski definition) is 3. The van der Waals surface area contributed by atoms with Crippen LogP contribution in [0.25, 0.3) is 0 Å². The first-order chi connectivity index (χ1) is 16.6. The second-order valence-corrected chi connectivity index (χ2v) is 10.3. The van der Waals surface area contributed by atoms with Crippen molar-refractivity contribution in [3.8, 4) is 11.5 Å². The quantitative estimate of drug-likeness (QED) is 0.412. The third-order valence-electron chi connectivity index (χ3n) is 8.42. The number of nitrogens with one attached hydrogen (secondary N) is 1. The molecule has 4 heteroatoms. The van der Waals surface area contributed by atoms with Gasteiger partial charge in [0.05, 0.1) is 0 Å². The summed E-state index contributed by atoms with van der Waals surface area (Å²) >= 11 is 0. The lowest BCUT2D eigenvalue weighted by Crippen LogP contribution is -2.37. The van der Waals surface area contributed by atoms with E-state index in [2.05, 4.69) is 5.32 Å². The maximum Gasteiger partial charge on any atom is 0.244 e. The van der Waals surface area contributed by atoms with Gasteiger partial charge < -0.3 is 15.5 Å². The molecule has 0 atom stereocenters. The van der Waals surface area contributed by atoms with Crippen LogP contribution >= 0.6 is 0 Å². The predicted octanol–water partition coefficient (Wildman–Crippen LogP) is 6.70. The number of fused-ring (bicyclic) bond motifs is 1. The van der Waals surface area contributed by atoms with Gasteiger partial charge in [0.1, 0.15) is 16.9 Å². The zero-order valence-corrected chi connectivity index (χ0v) is 19.4. The number of phenols is 2. The van der Waals surface area contributed by atoms with Gasteiger partial charge in [-0.25, -0.2) is 0 Å². The van der Waals surface area contributed by atoms with Gasteiger partial charge in [-0.1, -0.05) is 68.1 Å². The fourth-order valence-electron chi connectivity index (χ4n) is 6.67.